The van der Waals surface area contributed by atoms with Crippen LogP contribution in [0.15, 0.2) is 47.1 Å². The highest BCUT2D eigenvalue weighted by Crippen LogP contribution is 2.20. The fraction of sp³-hybridized carbons (Fsp3) is 0.294. The van der Waals surface area contributed by atoms with E-state index < -0.39 is 0 Å². The number of piperidine rings is 1. The number of nitrogens with one attached hydrogen (secondary N) is 1. The highest BCUT2D eigenvalue weighted by atomic mass is 79.9. The van der Waals surface area contributed by atoms with Crippen molar-refractivity contribution in [3.8, 4) is 0 Å². The minimum Gasteiger partial charge on any atom is -0.370 e. The SMILES string of the molecule is O=C(Nc1cccc(Br)c1)c1ccc(N2CCCCC2)cn1. The van der Waals surface area contributed by atoms with Gasteiger partial charge in [0.2, 0.25) is 0 Å². The number of rotatable bonds is 3. The Kier molecular flexibility index (Phi) is 4.73. The van der Waals surface area contributed by atoms with E-state index in [0.29, 0.717) is 5.69 Å². The maximum Gasteiger partial charge on any atom is 0.274 e. The number of amides is 1. The molecule has 1 aliphatic rings. The lowest BCUT2D eigenvalue weighted by molar-refractivity contribution is 0.102. The van der Waals surface area contributed by atoms with Gasteiger partial charge in [-0.05, 0) is 49.6 Å². The fourth-order valence-corrected chi connectivity index (χ4v) is 3.02. The third-order valence-electron chi connectivity index (χ3n) is 3.78. The fourth-order valence-electron chi connectivity index (χ4n) is 2.62. The molecule has 4 nitrogen and oxygen atoms in total. The van der Waals surface area contributed by atoms with E-state index in [4.69, 9.17) is 0 Å². The van der Waals surface area contributed by atoms with Crippen LogP contribution >= 0.6 is 15.9 Å². The zero-order valence-electron chi connectivity index (χ0n) is 12.3. The van der Waals surface area contributed by atoms with Gasteiger partial charge in [0.05, 0.1) is 11.9 Å². The molecule has 0 radical (unpaired) electrons. The third kappa shape index (κ3) is 3.65. The molecule has 0 bridgehead atoms. The summed E-state index contributed by atoms with van der Waals surface area (Å²) in [5.74, 6) is -0.191. The van der Waals surface area contributed by atoms with Crippen LogP contribution in [0.2, 0.25) is 0 Å². The van der Waals surface area contributed by atoms with E-state index in [9.17, 15) is 4.79 Å². The molecular formula is C17H18BrN3O. The largest absolute Gasteiger partial charge is 0.370 e. The summed E-state index contributed by atoms with van der Waals surface area (Å²) in [6.07, 6.45) is 5.55. The van der Waals surface area contributed by atoms with Crippen LogP contribution in [-0.2, 0) is 0 Å². The quantitative estimate of drug-likeness (QED) is 0.897. The van der Waals surface area contributed by atoms with Crippen molar-refractivity contribution in [1.82, 2.24) is 4.98 Å². The van der Waals surface area contributed by atoms with Crippen molar-refractivity contribution >= 4 is 33.2 Å². The van der Waals surface area contributed by atoms with Crippen molar-refractivity contribution in [1.29, 1.82) is 0 Å². The predicted molar refractivity (Wildman–Crippen MR) is 92.4 cm³/mol. The number of anilines is 2. The maximum absolute atomic E-state index is 12.2. The molecule has 1 aromatic carbocycles. The van der Waals surface area contributed by atoms with Crippen molar-refractivity contribution in [2.24, 2.45) is 0 Å². The molecule has 1 aromatic heterocycles. The molecular weight excluding hydrogens is 342 g/mol. The van der Waals surface area contributed by atoms with Gasteiger partial charge >= 0.3 is 0 Å². The Labute approximate surface area is 138 Å². The van der Waals surface area contributed by atoms with E-state index in [-0.39, 0.29) is 5.91 Å². The molecule has 1 amide bonds. The lowest BCUT2D eigenvalue weighted by Gasteiger charge is -2.28. The van der Waals surface area contributed by atoms with Gasteiger partial charge in [-0.1, -0.05) is 22.0 Å². The molecule has 0 aliphatic carbocycles. The molecule has 0 spiro atoms. The van der Waals surface area contributed by atoms with Crippen molar-refractivity contribution < 1.29 is 4.79 Å². The smallest absolute Gasteiger partial charge is 0.274 e. The highest BCUT2D eigenvalue weighted by molar-refractivity contribution is 9.10. The van der Waals surface area contributed by atoms with Crippen LogP contribution in [0.5, 0.6) is 0 Å². The van der Waals surface area contributed by atoms with Gasteiger partial charge in [-0.3, -0.25) is 4.79 Å². The molecule has 1 fully saturated rings. The van der Waals surface area contributed by atoms with Crippen LogP contribution in [0.3, 0.4) is 0 Å². The normalized spacial score (nSPS) is 14.7. The van der Waals surface area contributed by atoms with E-state index in [1.54, 1.807) is 12.3 Å². The Bertz CT molecular complexity index is 651. The molecule has 1 aliphatic heterocycles. The zero-order valence-corrected chi connectivity index (χ0v) is 13.8. The van der Waals surface area contributed by atoms with Gasteiger partial charge in [-0.15, -0.1) is 0 Å². The first kappa shape index (κ1) is 15.0. The summed E-state index contributed by atoms with van der Waals surface area (Å²) >= 11 is 3.39. The number of pyridine rings is 1. The average molecular weight is 360 g/mol. The Balaban J connectivity index is 1.68. The van der Waals surface area contributed by atoms with Crippen LogP contribution in [-0.4, -0.2) is 24.0 Å². The summed E-state index contributed by atoms with van der Waals surface area (Å²) in [5.41, 5.74) is 2.28. The zero-order chi connectivity index (χ0) is 15.4. The molecule has 114 valence electrons. The molecule has 1 saturated heterocycles. The predicted octanol–water partition coefficient (Wildman–Crippen LogP) is 4.09. The summed E-state index contributed by atoms with van der Waals surface area (Å²) in [6, 6.07) is 11.3. The molecule has 0 atom stereocenters. The number of hydrogen-bond donors (Lipinski definition) is 1. The summed E-state index contributed by atoms with van der Waals surface area (Å²) < 4.78 is 0.929. The Morgan fingerprint density at radius 3 is 2.64 bits per heavy atom. The topological polar surface area (TPSA) is 45.2 Å². The number of hydrogen-bond acceptors (Lipinski definition) is 3. The molecule has 22 heavy (non-hydrogen) atoms. The second kappa shape index (κ2) is 6.92. The van der Waals surface area contributed by atoms with Gasteiger partial charge < -0.3 is 10.2 Å². The molecule has 2 aromatic rings. The van der Waals surface area contributed by atoms with Crippen molar-refractivity contribution in [2.75, 3.05) is 23.3 Å². The monoisotopic (exact) mass is 359 g/mol. The van der Waals surface area contributed by atoms with E-state index in [1.165, 1.54) is 19.3 Å². The van der Waals surface area contributed by atoms with Gasteiger partial charge in [0.25, 0.3) is 5.91 Å². The maximum atomic E-state index is 12.2. The van der Waals surface area contributed by atoms with E-state index >= 15 is 0 Å². The number of aromatic nitrogens is 1. The molecule has 0 saturated carbocycles. The van der Waals surface area contributed by atoms with Crippen LogP contribution < -0.4 is 10.2 Å². The van der Waals surface area contributed by atoms with E-state index in [0.717, 1.165) is 28.9 Å². The van der Waals surface area contributed by atoms with Crippen LogP contribution in [0.25, 0.3) is 0 Å². The average Bonchev–Trinajstić information content (AvgIpc) is 2.56. The van der Waals surface area contributed by atoms with Crippen LogP contribution in [0.4, 0.5) is 11.4 Å². The molecule has 2 heterocycles. The van der Waals surface area contributed by atoms with Gasteiger partial charge in [0, 0.05) is 23.2 Å². The van der Waals surface area contributed by atoms with Gasteiger partial charge in [-0.25, -0.2) is 4.98 Å². The third-order valence-corrected chi connectivity index (χ3v) is 4.28. The number of carbonyl (C=O) groups is 1. The molecule has 1 N–H and O–H groups in total. The first-order valence-corrected chi connectivity index (χ1v) is 8.29. The number of benzene rings is 1. The number of halogens is 1. The summed E-state index contributed by atoms with van der Waals surface area (Å²) in [4.78, 5) is 18.8. The lowest BCUT2D eigenvalue weighted by Crippen LogP contribution is -2.29. The summed E-state index contributed by atoms with van der Waals surface area (Å²) in [7, 11) is 0. The summed E-state index contributed by atoms with van der Waals surface area (Å²) in [5, 5.41) is 2.85. The number of nitrogens with zero attached hydrogens (tertiary/aromatic N) is 2. The van der Waals surface area contributed by atoms with Crippen molar-refractivity contribution in [3.63, 3.8) is 0 Å². The Hall–Kier alpha value is -1.88. The minimum atomic E-state index is -0.191. The van der Waals surface area contributed by atoms with Gasteiger partial charge in [-0.2, -0.15) is 0 Å². The first-order chi connectivity index (χ1) is 10.7. The van der Waals surface area contributed by atoms with Crippen molar-refractivity contribution in [2.45, 2.75) is 19.3 Å². The lowest BCUT2D eigenvalue weighted by atomic mass is 10.1. The standard InChI is InChI=1S/C17H18BrN3O/c18-13-5-4-6-14(11-13)20-17(22)16-8-7-15(12-19-16)21-9-2-1-3-10-21/h4-8,11-12H,1-3,9-10H2,(H,20,22). The first-order valence-electron chi connectivity index (χ1n) is 7.50. The van der Waals surface area contributed by atoms with Crippen LogP contribution in [0, 0.1) is 0 Å². The molecule has 0 unspecified atom stereocenters. The Morgan fingerprint density at radius 2 is 1.95 bits per heavy atom. The van der Waals surface area contributed by atoms with Gasteiger partial charge in [0.1, 0.15) is 5.69 Å². The highest BCUT2D eigenvalue weighted by Gasteiger charge is 2.13. The summed E-state index contributed by atoms with van der Waals surface area (Å²) in [6.45, 7) is 2.15. The molecule has 5 heteroatoms. The van der Waals surface area contributed by atoms with E-state index in [2.05, 4.69) is 31.1 Å². The Morgan fingerprint density at radius 1 is 1.14 bits per heavy atom. The second-order valence-electron chi connectivity index (χ2n) is 5.41. The second-order valence-corrected chi connectivity index (χ2v) is 6.33. The molecule has 3 rings (SSSR count). The van der Waals surface area contributed by atoms with Gasteiger partial charge in [0.15, 0.2) is 0 Å². The number of carbonyl (C=O) groups excluding carboxylic acids is 1. The van der Waals surface area contributed by atoms with Crippen LogP contribution in [0.1, 0.15) is 29.8 Å². The minimum absolute atomic E-state index is 0.191. The van der Waals surface area contributed by atoms with Crippen molar-refractivity contribution in [3.05, 3.63) is 52.8 Å². The van der Waals surface area contributed by atoms with E-state index in [1.807, 2.05) is 30.3 Å².